The molecule has 0 aromatic heterocycles. The maximum absolute atomic E-state index is 12.5. The highest BCUT2D eigenvalue weighted by Gasteiger charge is 2.23. The lowest BCUT2D eigenvalue weighted by molar-refractivity contribution is 0.0322. The van der Waals surface area contributed by atoms with Crippen LogP contribution in [0, 0.1) is 0 Å². The molecule has 0 spiro atoms. The number of alkyl halides is 1. The monoisotopic (exact) mass is 290 g/mol. The second-order valence-corrected chi connectivity index (χ2v) is 4.76. The molecule has 2 N–H and O–H groups in total. The summed E-state index contributed by atoms with van der Waals surface area (Å²) in [6.07, 6.45) is -2.29. The first-order valence-electron chi connectivity index (χ1n) is 6.26. The van der Waals surface area contributed by atoms with Crippen LogP contribution >= 0.6 is 11.6 Å². The van der Waals surface area contributed by atoms with E-state index in [0.717, 1.165) is 0 Å². The largest absolute Gasteiger partial charge is 0.389 e. The number of carbonyl (C=O) groups is 1. The van der Waals surface area contributed by atoms with Gasteiger partial charge in [0.25, 0.3) is 0 Å². The maximum Gasteiger partial charge on any atom is 0.193 e. The van der Waals surface area contributed by atoms with Gasteiger partial charge in [-0.3, -0.25) is 4.79 Å². The molecule has 104 valence electrons. The average Bonchev–Trinajstić information content (AvgIpc) is 2.53. The molecule has 0 aliphatic rings. The van der Waals surface area contributed by atoms with Crippen molar-refractivity contribution >= 4 is 17.4 Å². The van der Waals surface area contributed by atoms with Crippen molar-refractivity contribution in [3.05, 3.63) is 71.3 Å². The third-order valence-electron chi connectivity index (χ3n) is 3.08. The first-order chi connectivity index (χ1) is 9.65. The van der Waals surface area contributed by atoms with Crippen LogP contribution < -0.4 is 0 Å². The molecular weight excluding hydrogens is 276 g/mol. The van der Waals surface area contributed by atoms with Gasteiger partial charge in [-0.25, -0.2) is 0 Å². The number of carbonyl (C=O) groups excluding carboxylic acids is 1. The summed E-state index contributed by atoms with van der Waals surface area (Å²) < 4.78 is 0. The Morgan fingerprint density at radius 1 is 1.00 bits per heavy atom. The first-order valence-corrected chi connectivity index (χ1v) is 6.79. The van der Waals surface area contributed by atoms with Crippen molar-refractivity contribution < 1.29 is 15.0 Å². The van der Waals surface area contributed by atoms with E-state index in [4.69, 9.17) is 11.6 Å². The molecule has 0 saturated heterocycles. The van der Waals surface area contributed by atoms with Crippen molar-refractivity contribution in [2.45, 2.75) is 12.2 Å². The predicted molar refractivity (Wildman–Crippen MR) is 78.0 cm³/mol. The lowest BCUT2D eigenvalue weighted by atomic mass is 9.93. The van der Waals surface area contributed by atoms with Crippen molar-refractivity contribution in [3.63, 3.8) is 0 Å². The summed E-state index contributed by atoms with van der Waals surface area (Å²) in [5.74, 6) is -0.295. The highest BCUT2D eigenvalue weighted by molar-refractivity contribution is 6.18. The van der Waals surface area contributed by atoms with Gasteiger partial charge in [0.1, 0.15) is 6.10 Å². The summed E-state index contributed by atoms with van der Waals surface area (Å²) in [6, 6.07) is 15.5. The Labute approximate surface area is 122 Å². The van der Waals surface area contributed by atoms with Crippen LogP contribution in [0.25, 0.3) is 0 Å². The SMILES string of the molecule is O=C(c1ccccc1)c1ccccc1C(O)C(O)CCl. The molecule has 0 bridgehead atoms. The van der Waals surface area contributed by atoms with E-state index >= 15 is 0 Å². The van der Waals surface area contributed by atoms with Gasteiger partial charge >= 0.3 is 0 Å². The first kappa shape index (κ1) is 14.7. The van der Waals surface area contributed by atoms with Crippen molar-refractivity contribution in [3.8, 4) is 0 Å². The minimum absolute atomic E-state index is 0.102. The van der Waals surface area contributed by atoms with Gasteiger partial charge in [0.15, 0.2) is 5.78 Å². The summed E-state index contributed by atoms with van der Waals surface area (Å²) >= 11 is 5.55. The van der Waals surface area contributed by atoms with Gasteiger partial charge in [-0.15, -0.1) is 11.6 Å². The second kappa shape index (κ2) is 6.66. The Hall–Kier alpha value is -1.68. The lowest BCUT2D eigenvalue weighted by Crippen LogP contribution is -2.22. The van der Waals surface area contributed by atoms with E-state index in [2.05, 4.69) is 0 Å². The number of benzene rings is 2. The minimum Gasteiger partial charge on any atom is -0.389 e. The Morgan fingerprint density at radius 3 is 2.25 bits per heavy atom. The molecule has 2 atom stereocenters. The van der Waals surface area contributed by atoms with Gasteiger partial charge in [-0.2, -0.15) is 0 Å². The van der Waals surface area contributed by atoms with E-state index in [9.17, 15) is 15.0 Å². The highest BCUT2D eigenvalue weighted by atomic mass is 35.5. The van der Waals surface area contributed by atoms with E-state index in [0.29, 0.717) is 16.7 Å². The van der Waals surface area contributed by atoms with Crippen molar-refractivity contribution in [1.29, 1.82) is 0 Å². The van der Waals surface area contributed by atoms with Gasteiger partial charge in [-0.1, -0.05) is 54.6 Å². The molecule has 3 nitrogen and oxygen atoms in total. The second-order valence-electron chi connectivity index (χ2n) is 4.45. The van der Waals surface area contributed by atoms with E-state index in [1.807, 2.05) is 6.07 Å². The minimum atomic E-state index is -1.18. The highest BCUT2D eigenvalue weighted by Crippen LogP contribution is 2.24. The third kappa shape index (κ3) is 3.07. The molecule has 2 rings (SSSR count). The van der Waals surface area contributed by atoms with Gasteiger partial charge in [0.2, 0.25) is 0 Å². The van der Waals surface area contributed by atoms with Crippen molar-refractivity contribution in [2.24, 2.45) is 0 Å². The normalized spacial score (nSPS) is 13.8. The fraction of sp³-hybridized carbons (Fsp3) is 0.188. The summed E-state index contributed by atoms with van der Waals surface area (Å²) in [5, 5.41) is 19.7. The molecule has 0 aliphatic heterocycles. The van der Waals surface area contributed by atoms with Crippen LogP contribution in [-0.2, 0) is 0 Å². The lowest BCUT2D eigenvalue weighted by Gasteiger charge is -2.18. The van der Waals surface area contributed by atoms with E-state index < -0.39 is 12.2 Å². The van der Waals surface area contributed by atoms with Gasteiger partial charge in [0, 0.05) is 11.1 Å². The molecule has 0 heterocycles. The number of hydrogen-bond acceptors (Lipinski definition) is 3. The summed E-state index contributed by atoms with van der Waals surface area (Å²) in [7, 11) is 0. The number of rotatable bonds is 5. The fourth-order valence-corrected chi connectivity index (χ4v) is 2.17. The smallest absolute Gasteiger partial charge is 0.193 e. The number of hydrogen-bond donors (Lipinski definition) is 2. The molecule has 0 radical (unpaired) electrons. The van der Waals surface area contributed by atoms with Crippen LogP contribution in [0.1, 0.15) is 27.6 Å². The topological polar surface area (TPSA) is 57.5 Å². The summed E-state index contributed by atoms with van der Waals surface area (Å²) in [5.41, 5.74) is 1.29. The summed E-state index contributed by atoms with van der Waals surface area (Å²) in [6.45, 7) is 0. The van der Waals surface area contributed by atoms with E-state index in [-0.39, 0.29) is 11.7 Å². The van der Waals surface area contributed by atoms with Crippen LogP contribution in [0.15, 0.2) is 54.6 Å². The van der Waals surface area contributed by atoms with Crippen LogP contribution in [0.4, 0.5) is 0 Å². The molecule has 0 saturated carbocycles. The number of ketones is 1. The zero-order valence-electron chi connectivity index (χ0n) is 10.7. The molecule has 0 fully saturated rings. The van der Waals surface area contributed by atoms with Crippen molar-refractivity contribution in [1.82, 2.24) is 0 Å². The molecular formula is C16H15ClO3. The quantitative estimate of drug-likeness (QED) is 0.657. The Kier molecular flexibility index (Phi) is 4.90. The molecule has 20 heavy (non-hydrogen) atoms. The number of halogens is 1. The van der Waals surface area contributed by atoms with Gasteiger partial charge in [-0.05, 0) is 5.56 Å². The average molecular weight is 291 g/mol. The molecule has 2 unspecified atom stereocenters. The Balaban J connectivity index is 2.40. The van der Waals surface area contributed by atoms with Gasteiger partial charge in [0.05, 0.1) is 12.0 Å². The van der Waals surface area contributed by atoms with Gasteiger partial charge < -0.3 is 10.2 Å². The molecule has 2 aromatic carbocycles. The zero-order valence-corrected chi connectivity index (χ0v) is 11.5. The van der Waals surface area contributed by atoms with Crippen molar-refractivity contribution in [2.75, 3.05) is 5.88 Å². The van der Waals surface area contributed by atoms with E-state index in [1.165, 1.54) is 0 Å². The standard InChI is InChI=1S/C16H15ClO3/c17-10-14(18)16(20)13-9-5-4-8-12(13)15(19)11-6-2-1-3-7-11/h1-9,14,16,18,20H,10H2. The van der Waals surface area contributed by atoms with Crippen LogP contribution in [0.3, 0.4) is 0 Å². The molecule has 0 amide bonds. The van der Waals surface area contributed by atoms with E-state index in [1.54, 1.807) is 48.5 Å². The number of aliphatic hydroxyl groups excluding tert-OH is 2. The van der Waals surface area contributed by atoms with Crippen LogP contribution in [-0.4, -0.2) is 28.0 Å². The predicted octanol–water partition coefficient (Wildman–Crippen LogP) is 2.55. The molecule has 2 aromatic rings. The molecule has 0 aliphatic carbocycles. The Morgan fingerprint density at radius 2 is 1.60 bits per heavy atom. The third-order valence-corrected chi connectivity index (χ3v) is 3.40. The molecule has 4 heteroatoms. The fourth-order valence-electron chi connectivity index (χ4n) is 2.00. The van der Waals surface area contributed by atoms with Crippen LogP contribution in [0.5, 0.6) is 0 Å². The summed E-state index contributed by atoms with van der Waals surface area (Å²) in [4.78, 5) is 12.5. The number of aliphatic hydroxyl groups is 2. The maximum atomic E-state index is 12.5. The Bertz CT molecular complexity index is 583. The van der Waals surface area contributed by atoms with Crippen LogP contribution in [0.2, 0.25) is 0 Å². The zero-order chi connectivity index (χ0) is 14.5.